The van der Waals surface area contributed by atoms with Gasteiger partial charge in [0.2, 0.25) is 5.91 Å². The lowest BCUT2D eigenvalue weighted by atomic mass is 10.0. The SMILES string of the molecule is Cc1cccc(OCC(=O)N(Cc2cccc(Cl)c2)C(Cc2ccccc2)C(=O)NC(C)C)c1. The van der Waals surface area contributed by atoms with Gasteiger partial charge in [-0.05, 0) is 61.7 Å². The summed E-state index contributed by atoms with van der Waals surface area (Å²) in [5, 5.41) is 3.55. The zero-order valence-electron chi connectivity index (χ0n) is 19.8. The predicted octanol–water partition coefficient (Wildman–Crippen LogP) is 5.19. The second-order valence-corrected chi connectivity index (χ2v) is 9.06. The first-order valence-corrected chi connectivity index (χ1v) is 11.8. The number of aryl methyl sites for hydroxylation is 1. The van der Waals surface area contributed by atoms with Gasteiger partial charge in [0.1, 0.15) is 11.8 Å². The van der Waals surface area contributed by atoms with Gasteiger partial charge >= 0.3 is 0 Å². The molecule has 0 heterocycles. The maximum atomic E-state index is 13.5. The number of carbonyl (C=O) groups is 2. The van der Waals surface area contributed by atoms with Crippen LogP contribution in [0.4, 0.5) is 0 Å². The minimum Gasteiger partial charge on any atom is -0.484 e. The van der Waals surface area contributed by atoms with Gasteiger partial charge in [-0.3, -0.25) is 9.59 Å². The fourth-order valence-corrected chi connectivity index (χ4v) is 3.91. The molecule has 6 heteroatoms. The van der Waals surface area contributed by atoms with Crippen molar-refractivity contribution < 1.29 is 14.3 Å². The van der Waals surface area contributed by atoms with E-state index in [1.807, 2.05) is 93.6 Å². The van der Waals surface area contributed by atoms with Crippen molar-refractivity contribution in [1.82, 2.24) is 10.2 Å². The fraction of sp³-hybridized carbons (Fsp3) is 0.286. The summed E-state index contributed by atoms with van der Waals surface area (Å²) in [5.74, 6) is 0.133. The van der Waals surface area contributed by atoms with Crippen molar-refractivity contribution in [1.29, 1.82) is 0 Å². The van der Waals surface area contributed by atoms with E-state index in [0.717, 1.165) is 16.7 Å². The van der Waals surface area contributed by atoms with E-state index in [1.165, 1.54) is 0 Å². The highest BCUT2D eigenvalue weighted by molar-refractivity contribution is 6.30. The van der Waals surface area contributed by atoms with Gasteiger partial charge in [0.05, 0.1) is 0 Å². The van der Waals surface area contributed by atoms with Crippen LogP contribution in [0.15, 0.2) is 78.9 Å². The Morgan fingerprint density at radius 1 is 0.941 bits per heavy atom. The molecule has 0 aromatic heterocycles. The number of hydrogen-bond acceptors (Lipinski definition) is 3. The molecule has 0 fully saturated rings. The van der Waals surface area contributed by atoms with E-state index in [1.54, 1.807) is 11.0 Å². The second kappa shape index (κ2) is 12.2. The average molecular weight is 479 g/mol. The van der Waals surface area contributed by atoms with Crippen LogP contribution in [0.25, 0.3) is 0 Å². The topological polar surface area (TPSA) is 58.6 Å². The zero-order valence-corrected chi connectivity index (χ0v) is 20.6. The number of ether oxygens (including phenoxy) is 1. The van der Waals surface area contributed by atoms with Gasteiger partial charge in [0, 0.05) is 24.0 Å². The average Bonchev–Trinajstić information content (AvgIpc) is 2.80. The summed E-state index contributed by atoms with van der Waals surface area (Å²) in [4.78, 5) is 28.4. The van der Waals surface area contributed by atoms with Crippen LogP contribution in [0.5, 0.6) is 5.75 Å². The van der Waals surface area contributed by atoms with Crippen molar-refractivity contribution in [2.45, 2.75) is 45.8 Å². The molecule has 0 bridgehead atoms. The van der Waals surface area contributed by atoms with Crippen LogP contribution in [-0.4, -0.2) is 35.4 Å². The normalized spacial score (nSPS) is 11.7. The predicted molar refractivity (Wildman–Crippen MR) is 136 cm³/mol. The maximum Gasteiger partial charge on any atom is 0.261 e. The second-order valence-electron chi connectivity index (χ2n) is 8.63. The van der Waals surface area contributed by atoms with Crippen LogP contribution in [0.3, 0.4) is 0 Å². The maximum absolute atomic E-state index is 13.5. The van der Waals surface area contributed by atoms with Crippen LogP contribution in [0.2, 0.25) is 5.02 Å². The van der Waals surface area contributed by atoms with E-state index in [0.29, 0.717) is 17.2 Å². The van der Waals surface area contributed by atoms with Gasteiger partial charge < -0.3 is 15.0 Å². The van der Waals surface area contributed by atoms with E-state index in [-0.39, 0.29) is 31.0 Å². The Kier molecular flexibility index (Phi) is 9.11. The first-order valence-electron chi connectivity index (χ1n) is 11.4. The van der Waals surface area contributed by atoms with Gasteiger partial charge in [-0.25, -0.2) is 0 Å². The molecular weight excluding hydrogens is 448 g/mol. The van der Waals surface area contributed by atoms with Crippen molar-refractivity contribution in [3.8, 4) is 5.75 Å². The Bertz CT molecular complexity index is 1100. The molecule has 1 N–H and O–H groups in total. The van der Waals surface area contributed by atoms with Gasteiger partial charge in [0.15, 0.2) is 6.61 Å². The lowest BCUT2D eigenvalue weighted by Crippen LogP contribution is -2.52. The van der Waals surface area contributed by atoms with Crippen molar-refractivity contribution >= 4 is 23.4 Å². The third-order valence-electron chi connectivity index (χ3n) is 5.30. The molecular formula is C28H31ClN2O3. The number of nitrogens with one attached hydrogen (secondary N) is 1. The molecule has 0 saturated carbocycles. The van der Waals surface area contributed by atoms with E-state index >= 15 is 0 Å². The van der Waals surface area contributed by atoms with E-state index in [2.05, 4.69) is 5.32 Å². The molecule has 0 radical (unpaired) electrons. The molecule has 0 aliphatic carbocycles. The van der Waals surface area contributed by atoms with Crippen molar-refractivity contribution in [2.24, 2.45) is 0 Å². The molecule has 1 unspecified atom stereocenters. The van der Waals surface area contributed by atoms with Gasteiger partial charge in [-0.15, -0.1) is 0 Å². The van der Waals surface area contributed by atoms with Crippen LogP contribution in [-0.2, 0) is 22.6 Å². The first-order chi connectivity index (χ1) is 16.3. The van der Waals surface area contributed by atoms with Crippen molar-refractivity contribution in [3.63, 3.8) is 0 Å². The van der Waals surface area contributed by atoms with Crippen LogP contribution in [0, 0.1) is 6.92 Å². The molecule has 0 aliphatic heterocycles. The largest absolute Gasteiger partial charge is 0.484 e. The minimum atomic E-state index is -0.711. The lowest BCUT2D eigenvalue weighted by molar-refractivity contribution is -0.143. The Morgan fingerprint density at radius 2 is 1.65 bits per heavy atom. The molecule has 1 atom stereocenters. The highest BCUT2D eigenvalue weighted by atomic mass is 35.5. The van der Waals surface area contributed by atoms with E-state index in [9.17, 15) is 9.59 Å². The third-order valence-corrected chi connectivity index (χ3v) is 5.53. The van der Waals surface area contributed by atoms with Gasteiger partial charge in [-0.2, -0.15) is 0 Å². The molecule has 2 amide bonds. The van der Waals surface area contributed by atoms with Crippen LogP contribution < -0.4 is 10.1 Å². The minimum absolute atomic E-state index is 0.0579. The molecule has 0 aliphatic rings. The van der Waals surface area contributed by atoms with Crippen molar-refractivity contribution in [2.75, 3.05) is 6.61 Å². The number of benzene rings is 3. The van der Waals surface area contributed by atoms with Crippen LogP contribution >= 0.6 is 11.6 Å². The highest BCUT2D eigenvalue weighted by Gasteiger charge is 2.31. The number of carbonyl (C=O) groups excluding carboxylic acids is 2. The molecule has 3 aromatic rings. The third kappa shape index (κ3) is 7.63. The standard InChI is InChI=1S/C28H31ClN2O3/c1-20(2)30-28(33)26(17-22-10-5-4-6-11-22)31(18-23-12-8-13-24(29)16-23)27(32)19-34-25-14-7-9-21(3)15-25/h4-16,20,26H,17-19H2,1-3H3,(H,30,33). The molecule has 34 heavy (non-hydrogen) atoms. The number of rotatable bonds is 10. The Hall–Kier alpha value is -3.31. The Morgan fingerprint density at radius 3 is 2.32 bits per heavy atom. The molecule has 3 aromatic carbocycles. The van der Waals surface area contributed by atoms with E-state index in [4.69, 9.17) is 16.3 Å². The van der Waals surface area contributed by atoms with Crippen molar-refractivity contribution in [3.05, 3.63) is 101 Å². The lowest BCUT2D eigenvalue weighted by Gasteiger charge is -2.32. The summed E-state index contributed by atoms with van der Waals surface area (Å²) in [6.45, 7) is 5.83. The molecule has 178 valence electrons. The molecule has 5 nitrogen and oxygen atoms in total. The number of halogens is 1. The van der Waals surface area contributed by atoms with E-state index < -0.39 is 6.04 Å². The smallest absolute Gasteiger partial charge is 0.261 e. The Balaban J connectivity index is 1.91. The van der Waals surface area contributed by atoms with Gasteiger partial charge in [-0.1, -0.05) is 66.2 Å². The summed E-state index contributed by atoms with van der Waals surface area (Å²) in [6.07, 6.45) is 0.385. The summed E-state index contributed by atoms with van der Waals surface area (Å²) in [5.41, 5.74) is 2.85. The molecule has 0 spiro atoms. The van der Waals surface area contributed by atoms with Gasteiger partial charge in [0.25, 0.3) is 5.91 Å². The summed E-state index contributed by atoms with van der Waals surface area (Å²) >= 11 is 6.20. The fourth-order valence-electron chi connectivity index (χ4n) is 3.70. The highest BCUT2D eigenvalue weighted by Crippen LogP contribution is 2.19. The first kappa shape index (κ1) is 25.3. The van der Waals surface area contributed by atoms with Crippen LogP contribution in [0.1, 0.15) is 30.5 Å². The number of hydrogen-bond donors (Lipinski definition) is 1. The number of nitrogens with zero attached hydrogens (tertiary/aromatic N) is 1. The molecule has 0 saturated heterocycles. The molecule has 3 rings (SSSR count). The quantitative estimate of drug-likeness (QED) is 0.436. The Labute approximate surface area is 206 Å². The summed E-state index contributed by atoms with van der Waals surface area (Å²) < 4.78 is 5.80. The zero-order chi connectivity index (χ0) is 24.5. The number of amides is 2. The summed E-state index contributed by atoms with van der Waals surface area (Å²) in [6, 6.07) is 23.8. The summed E-state index contributed by atoms with van der Waals surface area (Å²) in [7, 11) is 0. The monoisotopic (exact) mass is 478 g/mol.